The normalized spacial score (nSPS) is 19.4. The van der Waals surface area contributed by atoms with Gasteiger partial charge >= 0.3 is 0 Å². The molecule has 1 aliphatic rings. The summed E-state index contributed by atoms with van der Waals surface area (Å²) in [4.78, 5) is 0. The van der Waals surface area contributed by atoms with Gasteiger partial charge < -0.3 is 10.2 Å². The van der Waals surface area contributed by atoms with Crippen LogP contribution >= 0.6 is 0 Å². The fourth-order valence-electron chi connectivity index (χ4n) is 2.27. The molecule has 0 aliphatic heterocycles. The third kappa shape index (κ3) is 3.30. The summed E-state index contributed by atoms with van der Waals surface area (Å²) in [6, 6.07) is 7.98. The smallest absolute Gasteiger partial charge is 0.105 e. The highest BCUT2D eigenvalue weighted by molar-refractivity contribution is 5.26. The molecule has 0 aromatic heterocycles. The Morgan fingerprint density at radius 3 is 2.53 bits per heavy atom. The first-order chi connectivity index (χ1) is 8.08. The van der Waals surface area contributed by atoms with Crippen LogP contribution in [-0.2, 0) is 6.42 Å². The number of aliphatic hydroxyl groups excluding tert-OH is 2. The first-order valence-corrected chi connectivity index (χ1v) is 6.53. The Kier molecular flexibility index (Phi) is 3.85. The summed E-state index contributed by atoms with van der Waals surface area (Å²) in [7, 11) is 0. The van der Waals surface area contributed by atoms with Gasteiger partial charge in [0.05, 0.1) is 6.10 Å². The average Bonchev–Trinajstić information content (AvgIpc) is 3.10. The second-order valence-electron chi connectivity index (χ2n) is 5.62. The van der Waals surface area contributed by atoms with Crippen molar-refractivity contribution in [2.75, 3.05) is 0 Å². The van der Waals surface area contributed by atoms with Gasteiger partial charge in [-0.1, -0.05) is 38.1 Å². The van der Waals surface area contributed by atoms with E-state index in [0.717, 1.165) is 24.8 Å². The van der Waals surface area contributed by atoms with Gasteiger partial charge in [-0.2, -0.15) is 0 Å². The molecule has 0 spiro atoms. The van der Waals surface area contributed by atoms with Crippen LogP contribution in [0.5, 0.6) is 0 Å². The van der Waals surface area contributed by atoms with Gasteiger partial charge in [0.1, 0.15) is 6.10 Å². The fraction of sp³-hybridized carbons (Fsp3) is 0.600. The summed E-state index contributed by atoms with van der Waals surface area (Å²) in [6.07, 6.45) is 1.78. The predicted molar refractivity (Wildman–Crippen MR) is 68.7 cm³/mol. The van der Waals surface area contributed by atoms with Gasteiger partial charge in [0.2, 0.25) is 0 Å². The highest BCUT2D eigenvalue weighted by Crippen LogP contribution is 2.38. The Balaban J connectivity index is 2.08. The van der Waals surface area contributed by atoms with Gasteiger partial charge in [0.25, 0.3) is 0 Å². The molecule has 1 aromatic rings. The van der Waals surface area contributed by atoms with E-state index in [1.807, 2.05) is 18.2 Å². The molecule has 1 saturated carbocycles. The van der Waals surface area contributed by atoms with Crippen LogP contribution < -0.4 is 0 Å². The van der Waals surface area contributed by atoms with Crippen LogP contribution in [0.4, 0.5) is 0 Å². The highest BCUT2D eigenvalue weighted by Gasteiger charge is 2.35. The molecular formula is C15H22O2. The highest BCUT2D eigenvalue weighted by atomic mass is 16.3. The minimum atomic E-state index is -0.727. The van der Waals surface area contributed by atoms with Gasteiger partial charge in [-0.3, -0.25) is 0 Å². The SMILES string of the molecule is CC(C)Cc1cccc(C(O)C(O)C2CC2)c1. The van der Waals surface area contributed by atoms with Crippen LogP contribution in [0.2, 0.25) is 0 Å². The largest absolute Gasteiger partial charge is 0.390 e. The second-order valence-corrected chi connectivity index (χ2v) is 5.62. The van der Waals surface area contributed by atoms with Crippen molar-refractivity contribution in [2.45, 2.75) is 45.3 Å². The van der Waals surface area contributed by atoms with Crippen molar-refractivity contribution in [3.05, 3.63) is 35.4 Å². The van der Waals surface area contributed by atoms with Crippen molar-refractivity contribution in [1.82, 2.24) is 0 Å². The van der Waals surface area contributed by atoms with Crippen LogP contribution in [0.25, 0.3) is 0 Å². The van der Waals surface area contributed by atoms with Crippen LogP contribution in [-0.4, -0.2) is 16.3 Å². The number of benzene rings is 1. The number of aliphatic hydroxyl groups is 2. The first kappa shape index (κ1) is 12.6. The molecule has 1 fully saturated rings. The lowest BCUT2D eigenvalue weighted by molar-refractivity contribution is 0.00481. The predicted octanol–water partition coefficient (Wildman–Crippen LogP) is 2.69. The molecule has 2 unspecified atom stereocenters. The molecule has 94 valence electrons. The molecule has 0 saturated heterocycles. The van der Waals surface area contributed by atoms with Crippen molar-refractivity contribution >= 4 is 0 Å². The zero-order chi connectivity index (χ0) is 12.4. The van der Waals surface area contributed by atoms with Crippen molar-refractivity contribution in [3.63, 3.8) is 0 Å². The van der Waals surface area contributed by atoms with Crippen molar-refractivity contribution < 1.29 is 10.2 Å². The molecule has 17 heavy (non-hydrogen) atoms. The quantitative estimate of drug-likeness (QED) is 0.822. The number of hydrogen-bond donors (Lipinski definition) is 2. The third-order valence-corrected chi connectivity index (χ3v) is 3.36. The molecule has 0 heterocycles. The molecule has 2 atom stereocenters. The molecule has 2 nitrogen and oxygen atoms in total. The summed E-state index contributed by atoms with van der Waals surface area (Å²) < 4.78 is 0. The maximum absolute atomic E-state index is 10.1. The lowest BCUT2D eigenvalue weighted by Gasteiger charge is -2.18. The summed E-state index contributed by atoms with van der Waals surface area (Å²) >= 11 is 0. The van der Waals surface area contributed by atoms with Gasteiger partial charge in [-0.05, 0) is 42.2 Å². The lowest BCUT2D eigenvalue weighted by atomic mass is 9.96. The standard InChI is InChI=1S/C15H22O2/c1-10(2)8-11-4-3-5-13(9-11)15(17)14(16)12-6-7-12/h3-5,9-10,12,14-17H,6-8H2,1-2H3. The molecular weight excluding hydrogens is 212 g/mol. The molecule has 1 aliphatic carbocycles. The molecule has 2 rings (SSSR count). The van der Waals surface area contributed by atoms with E-state index in [9.17, 15) is 10.2 Å². The number of rotatable bonds is 5. The van der Waals surface area contributed by atoms with E-state index in [-0.39, 0.29) is 0 Å². The topological polar surface area (TPSA) is 40.5 Å². The van der Waals surface area contributed by atoms with E-state index in [2.05, 4.69) is 19.9 Å². The van der Waals surface area contributed by atoms with Crippen molar-refractivity contribution in [1.29, 1.82) is 0 Å². The Morgan fingerprint density at radius 2 is 1.94 bits per heavy atom. The minimum Gasteiger partial charge on any atom is -0.390 e. The van der Waals surface area contributed by atoms with E-state index >= 15 is 0 Å². The van der Waals surface area contributed by atoms with Gasteiger partial charge in [0, 0.05) is 0 Å². The van der Waals surface area contributed by atoms with E-state index in [1.54, 1.807) is 0 Å². The Bertz CT molecular complexity index is 369. The van der Waals surface area contributed by atoms with E-state index in [1.165, 1.54) is 5.56 Å². The van der Waals surface area contributed by atoms with Crippen molar-refractivity contribution in [2.24, 2.45) is 11.8 Å². The Hall–Kier alpha value is -0.860. The monoisotopic (exact) mass is 234 g/mol. The van der Waals surface area contributed by atoms with Crippen molar-refractivity contribution in [3.8, 4) is 0 Å². The summed E-state index contributed by atoms with van der Waals surface area (Å²) in [5, 5.41) is 20.0. The minimum absolute atomic E-state index is 0.304. The third-order valence-electron chi connectivity index (χ3n) is 3.36. The Morgan fingerprint density at radius 1 is 1.24 bits per heavy atom. The summed E-state index contributed by atoms with van der Waals surface area (Å²) in [6.45, 7) is 4.37. The molecule has 2 N–H and O–H groups in total. The molecule has 0 amide bonds. The first-order valence-electron chi connectivity index (χ1n) is 6.53. The van der Waals surface area contributed by atoms with Gasteiger partial charge in [0.15, 0.2) is 0 Å². The zero-order valence-electron chi connectivity index (χ0n) is 10.6. The molecule has 0 bridgehead atoms. The lowest BCUT2D eigenvalue weighted by Crippen LogP contribution is -2.20. The van der Waals surface area contributed by atoms with Crippen LogP contribution in [0.15, 0.2) is 24.3 Å². The van der Waals surface area contributed by atoms with Gasteiger partial charge in [-0.15, -0.1) is 0 Å². The number of hydrogen-bond acceptors (Lipinski definition) is 2. The second kappa shape index (κ2) is 5.19. The van der Waals surface area contributed by atoms with Gasteiger partial charge in [-0.25, -0.2) is 0 Å². The zero-order valence-corrected chi connectivity index (χ0v) is 10.6. The maximum Gasteiger partial charge on any atom is 0.105 e. The molecule has 0 radical (unpaired) electrons. The van der Waals surface area contributed by atoms with E-state index in [4.69, 9.17) is 0 Å². The maximum atomic E-state index is 10.1. The van der Waals surface area contributed by atoms with E-state index in [0.29, 0.717) is 11.8 Å². The fourth-order valence-corrected chi connectivity index (χ4v) is 2.27. The Labute approximate surface area is 103 Å². The summed E-state index contributed by atoms with van der Waals surface area (Å²) in [5.74, 6) is 0.912. The molecule has 1 aromatic carbocycles. The summed E-state index contributed by atoms with van der Waals surface area (Å²) in [5.41, 5.74) is 2.09. The average molecular weight is 234 g/mol. The molecule has 2 heteroatoms. The van der Waals surface area contributed by atoms with Crippen LogP contribution in [0.1, 0.15) is 43.9 Å². The van der Waals surface area contributed by atoms with Crippen LogP contribution in [0.3, 0.4) is 0 Å². The van der Waals surface area contributed by atoms with Crippen LogP contribution in [0, 0.1) is 11.8 Å². The van der Waals surface area contributed by atoms with E-state index < -0.39 is 12.2 Å².